The van der Waals surface area contributed by atoms with Gasteiger partial charge in [0.15, 0.2) is 0 Å². The summed E-state index contributed by atoms with van der Waals surface area (Å²) in [6.07, 6.45) is 0. The Bertz CT molecular complexity index is 1050. The number of likely N-dealkylation sites (N-methyl/N-ethyl adjacent to an activating group) is 1. The zero-order valence-corrected chi connectivity index (χ0v) is 16.8. The van der Waals surface area contributed by atoms with E-state index in [4.69, 9.17) is 4.42 Å². The summed E-state index contributed by atoms with van der Waals surface area (Å²) >= 11 is 0. The van der Waals surface area contributed by atoms with Gasteiger partial charge in [-0.1, -0.05) is 35.9 Å². The monoisotopic (exact) mass is 397 g/mol. The van der Waals surface area contributed by atoms with E-state index in [2.05, 4.69) is 16.9 Å². The first-order valence-corrected chi connectivity index (χ1v) is 10.7. The molecule has 146 valence electrons. The molecule has 0 radical (unpaired) electrons. The molecular weight excluding hydrogens is 374 g/mol. The first-order valence-electron chi connectivity index (χ1n) is 9.26. The van der Waals surface area contributed by atoms with Crippen molar-refractivity contribution in [3.8, 4) is 11.5 Å². The fraction of sp³-hybridized carbons (Fsp3) is 0.286. The minimum atomic E-state index is -3.80. The quantitative estimate of drug-likeness (QED) is 0.673. The third-order valence-electron chi connectivity index (χ3n) is 4.98. The van der Waals surface area contributed by atoms with Gasteiger partial charge in [0.25, 0.3) is 0 Å². The highest BCUT2D eigenvalue weighted by atomic mass is 32.2. The third kappa shape index (κ3) is 3.55. The van der Waals surface area contributed by atoms with Crippen LogP contribution in [-0.4, -0.2) is 51.5 Å². The summed E-state index contributed by atoms with van der Waals surface area (Å²) in [7, 11) is -1.74. The number of piperazine rings is 1. The summed E-state index contributed by atoms with van der Waals surface area (Å²) in [4.78, 5) is 8.84. The Balaban J connectivity index is 1.82. The number of sulfone groups is 1. The summed E-state index contributed by atoms with van der Waals surface area (Å²) in [6.45, 7) is 4.99. The van der Waals surface area contributed by atoms with E-state index < -0.39 is 9.84 Å². The van der Waals surface area contributed by atoms with E-state index in [0.29, 0.717) is 24.9 Å². The maximum atomic E-state index is 13.4. The van der Waals surface area contributed by atoms with Crippen LogP contribution in [0.2, 0.25) is 0 Å². The second kappa shape index (κ2) is 7.41. The first-order chi connectivity index (χ1) is 13.4. The minimum Gasteiger partial charge on any atom is -0.419 e. The maximum absolute atomic E-state index is 13.4. The second-order valence-corrected chi connectivity index (χ2v) is 8.97. The molecule has 0 amide bonds. The molecular formula is C21H23N3O3S. The predicted octanol–water partition coefficient (Wildman–Crippen LogP) is 3.23. The number of anilines is 1. The SMILES string of the molecule is Cc1ccc(S(=O)(=O)c2nc(-c3ccccc3)oc2N2CCN(C)CC2)cc1. The number of benzene rings is 2. The number of aromatic nitrogens is 1. The molecule has 0 unspecified atom stereocenters. The van der Waals surface area contributed by atoms with Gasteiger partial charge in [0.05, 0.1) is 4.90 Å². The molecule has 2 heterocycles. The van der Waals surface area contributed by atoms with Gasteiger partial charge in [-0.15, -0.1) is 0 Å². The molecule has 0 saturated carbocycles. The van der Waals surface area contributed by atoms with Gasteiger partial charge in [-0.25, -0.2) is 8.42 Å². The van der Waals surface area contributed by atoms with E-state index in [1.165, 1.54) is 0 Å². The molecule has 1 saturated heterocycles. The van der Waals surface area contributed by atoms with Crippen molar-refractivity contribution < 1.29 is 12.8 Å². The lowest BCUT2D eigenvalue weighted by Gasteiger charge is -2.32. The highest BCUT2D eigenvalue weighted by Gasteiger charge is 2.32. The largest absolute Gasteiger partial charge is 0.419 e. The molecule has 0 spiro atoms. The van der Waals surface area contributed by atoms with E-state index >= 15 is 0 Å². The number of hydrogen-bond donors (Lipinski definition) is 0. The van der Waals surface area contributed by atoms with Crippen molar-refractivity contribution in [3.63, 3.8) is 0 Å². The Morgan fingerprint density at radius 1 is 0.929 bits per heavy atom. The molecule has 4 rings (SSSR count). The molecule has 0 aliphatic carbocycles. The maximum Gasteiger partial charge on any atom is 0.236 e. The smallest absolute Gasteiger partial charge is 0.236 e. The summed E-state index contributed by atoms with van der Waals surface area (Å²) in [5.41, 5.74) is 1.76. The number of nitrogens with zero attached hydrogens (tertiary/aromatic N) is 3. The Kier molecular flexibility index (Phi) is 4.95. The number of rotatable bonds is 4. The van der Waals surface area contributed by atoms with Crippen LogP contribution in [0.5, 0.6) is 0 Å². The lowest BCUT2D eigenvalue weighted by molar-refractivity contribution is 0.305. The van der Waals surface area contributed by atoms with Crippen LogP contribution in [0.3, 0.4) is 0 Å². The fourth-order valence-electron chi connectivity index (χ4n) is 3.22. The number of hydrogen-bond acceptors (Lipinski definition) is 6. The summed E-state index contributed by atoms with van der Waals surface area (Å²) in [5, 5.41) is -0.0141. The van der Waals surface area contributed by atoms with Gasteiger partial charge >= 0.3 is 0 Å². The average Bonchev–Trinajstić information content (AvgIpc) is 3.16. The van der Waals surface area contributed by atoms with Gasteiger partial charge in [-0.2, -0.15) is 4.98 Å². The van der Waals surface area contributed by atoms with Crippen LogP contribution in [0.4, 0.5) is 5.88 Å². The molecule has 6 nitrogen and oxygen atoms in total. The van der Waals surface area contributed by atoms with E-state index in [-0.39, 0.29) is 9.92 Å². The van der Waals surface area contributed by atoms with Gasteiger partial charge in [0.2, 0.25) is 26.6 Å². The third-order valence-corrected chi connectivity index (χ3v) is 6.64. The van der Waals surface area contributed by atoms with Gasteiger partial charge in [0, 0.05) is 31.7 Å². The van der Waals surface area contributed by atoms with Crippen LogP contribution < -0.4 is 4.90 Å². The number of oxazole rings is 1. The summed E-state index contributed by atoms with van der Waals surface area (Å²) in [5.74, 6) is 0.646. The highest BCUT2D eigenvalue weighted by molar-refractivity contribution is 7.91. The summed E-state index contributed by atoms with van der Waals surface area (Å²) < 4.78 is 32.7. The zero-order valence-electron chi connectivity index (χ0n) is 16.0. The van der Waals surface area contributed by atoms with Crippen molar-refractivity contribution in [3.05, 3.63) is 60.2 Å². The van der Waals surface area contributed by atoms with E-state index in [1.807, 2.05) is 42.2 Å². The van der Waals surface area contributed by atoms with Crippen LogP contribution in [0.15, 0.2) is 68.9 Å². The van der Waals surface area contributed by atoms with Crippen LogP contribution in [0.1, 0.15) is 5.56 Å². The highest BCUT2D eigenvalue weighted by Crippen LogP contribution is 2.35. The average molecular weight is 398 g/mol. The van der Waals surface area contributed by atoms with E-state index in [9.17, 15) is 8.42 Å². The topological polar surface area (TPSA) is 66.7 Å². The molecule has 28 heavy (non-hydrogen) atoms. The molecule has 1 aliphatic heterocycles. The van der Waals surface area contributed by atoms with Crippen molar-refractivity contribution in [2.45, 2.75) is 16.8 Å². The number of aryl methyl sites for hydroxylation is 1. The van der Waals surface area contributed by atoms with Crippen LogP contribution in [0, 0.1) is 6.92 Å². The van der Waals surface area contributed by atoms with Crippen molar-refractivity contribution in [1.82, 2.24) is 9.88 Å². The van der Waals surface area contributed by atoms with Crippen molar-refractivity contribution in [2.75, 3.05) is 38.1 Å². The predicted molar refractivity (Wildman–Crippen MR) is 108 cm³/mol. The second-order valence-electron chi connectivity index (χ2n) is 7.10. The van der Waals surface area contributed by atoms with Gasteiger partial charge in [-0.3, -0.25) is 0 Å². The van der Waals surface area contributed by atoms with Gasteiger partial charge in [-0.05, 0) is 38.2 Å². The Hall–Kier alpha value is -2.64. The Morgan fingerprint density at radius 3 is 2.21 bits per heavy atom. The molecule has 1 aliphatic rings. The molecule has 0 N–H and O–H groups in total. The zero-order chi connectivity index (χ0) is 19.7. The fourth-order valence-corrected chi connectivity index (χ4v) is 4.54. The van der Waals surface area contributed by atoms with Crippen molar-refractivity contribution >= 4 is 15.7 Å². The van der Waals surface area contributed by atoms with Crippen molar-refractivity contribution in [2.24, 2.45) is 0 Å². The van der Waals surface area contributed by atoms with Gasteiger partial charge < -0.3 is 14.2 Å². The van der Waals surface area contributed by atoms with E-state index in [0.717, 1.165) is 24.2 Å². The van der Waals surface area contributed by atoms with Crippen LogP contribution >= 0.6 is 0 Å². The Morgan fingerprint density at radius 2 is 1.57 bits per heavy atom. The standard InChI is InChI=1S/C21H23N3O3S/c1-16-8-10-18(11-9-16)28(25,26)20-21(24-14-12-23(2)13-15-24)27-19(22-20)17-6-4-3-5-7-17/h3-11H,12-15H2,1-2H3. The first kappa shape index (κ1) is 18.7. The van der Waals surface area contributed by atoms with E-state index in [1.54, 1.807) is 24.3 Å². The summed E-state index contributed by atoms with van der Waals surface area (Å²) in [6, 6.07) is 16.2. The van der Waals surface area contributed by atoms with Gasteiger partial charge in [0.1, 0.15) is 0 Å². The molecule has 0 atom stereocenters. The molecule has 2 aromatic carbocycles. The minimum absolute atomic E-state index is 0.0141. The van der Waals surface area contributed by atoms with Crippen LogP contribution in [0.25, 0.3) is 11.5 Å². The molecule has 1 fully saturated rings. The van der Waals surface area contributed by atoms with Crippen LogP contribution in [-0.2, 0) is 9.84 Å². The molecule has 3 aromatic rings. The molecule has 7 heteroatoms. The molecule has 0 bridgehead atoms. The normalized spacial score (nSPS) is 15.7. The lowest BCUT2D eigenvalue weighted by Crippen LogP contribution is -2.44. The lowest BCUT2D eigenvalue weighted by atomic mass is 10.2. The van der Waals surface area contributed by atoms with Crippen molar-refractivity contribution in [1.29, 1.82) is 0 Å². The Labute approximate surface area is 165 Å². The molecule has 1 aromatic heterocycles.